The summed E-state index contributed by atoms with van der Waals surface area (Å²) in [5.41, 5.74) is 2.61. The topological polar surface area (TPSA) is 20.3 Å². The molecule has 2 atom stereocenters. The first-order valence-corrected chi connectivity index (χ1v) is 8.56. The van der Waals surface area contributed by atoms with Crippen molar-refractivity contribution in [2.75, 3.05) is 6.54 Å². The number of hydrogen-bond donors (Lipinski definition) is 0. The lowest BCUT2D eigenvalue weighted by Gasteiger charge is -2.39. The van der Waals surface area contributed by atoms with Gasteiger partial charge in [0.25, 0.3) is 5.91 Å². The quantitative estimate of drug-likeness (QED) is 0.713. The smallest absolute Gasteiger partial charge is 0.255 e. The van der Waals surface area contributed by atoms with Crippen LogP contribution in [0.5, 0.6) is 0 Å². The van der Waals surface area contributed by atoms with Crippen molar-refractivity contribution < 1.29 is 4.79 Å². The van der Waals surface area contributed by atoms with E-state index in [1.807, 2.05) is 25.1 Å². The fourth-order valence-electron chi connectivity index (χ4n) is 4.65. The van der Waals surface area contributed by atoms with Crippen LogP contribution >= 0.6 is 15.9 Å². The second kappa shape index (κ2) is 4.84. The molecular formula is C18H24BrNO. The van der Waals surface area contributed by atoms with Crippen LogP contribution < -0.4 is 0 Å². The molecule has 1 heterocycles. The number of carbonyl (C=O) groups is 1. The largest absolute Gasteiger partial charge is 0.335 e. The molecule has 0 radical (unpaired) electrons. The number of likely N-dealkylation sites (tertiary alicyclic amines) is 1. The van der Waals surface area contributed by atoms with Crippen molar-refractivity contribution >= 4 is 21.8 Å². The van der Waals surface area contributed by atoms with Crippen LogP contribution in [-0.4, -0.2) is 23.4 Å². The molecule has 21 heavy (non-hydrogen) atoms. The van der Waals surface area contributed by atoms with E-state index < -0.39 is 0 Å². The highest BCUT2D eigenvalue weighted by molar-refractivity contribution is 9.10. The van der Waals surface area contributed by atoms with Crippen LogP contribution in [0, 0.1) is 17.8 Å². The van der Waals surface area contributed by atoms with Crippen molar-refractivity contribution in [1.29, 1.82) is 0 Å². The minimum Gasteiger partial charge on any atom is -0.335 e. The highest BCUT2D eigenvalue weighted by Crippen LogP contribution is 2.52. The van der Waals surface area contributed by atoms with Crippen LogP contribution in [0.15, 0.2) is 22.7 Å². The van der Waals surface area contributed by atoms with Crippen LogP contribution in [-0.2, 0) is 0 Å². The first kappa shape index (κ1) is 15.1. The van der Waals surface area contributed by atoms with E-state index in [-0.39, 0.29) is 5.91 Å². The standard InChI is InChI=1S/C18H24BrNO/c1-12-5-6-14(15(19)7-12)16(21)20-11-18(4)9-13(20)8-17(2,3)10-18/h5-7,13H,8-11H2,1-4H3. The Bertz CT molecular complexity index is 595. The maximum Gasteiger partial charge on any atom is 0.255 e. The van der Waals surface area contributed by atoms with Gasteiger partial charge in [-0.1, -0.05) is 26.8 Å². The Labute approximate surface area is 136 Å². The predicted octanol–water partition coefficient (Wildman–Crippen LogP) is 4.80. The van der Waals surface area contributed by atoms with Gasteiger partial charge >= 0.3 is 0 Å². The summed E-state index contributed by atoms with van der Waals surface area (Å²) in [5, 5.41) is 0. The monoisotopic (exact) mass is 349 g/mol. The SMILES string of the molecule is Cc1ccc(C(=O)N2CC3(C)CC2CC(C)(C)C3)c(Br)c1. The summed E-state index contributed by atoms with van der Waals surface area (Å²) >= 11 is 3.56. The van der Waals surface area contributed by atoms with E-state index in [1.165, 1.54) is 12.0 Å². The van der Waals surface area contributed by atoms with Crippen LogP contribution in [0.4, 0.5) is 0 Å². The van der Waals surface area contributed by atoms with Gasteiger partial charge in [0.2, 0.25) is 0 Å². The number of benzene rings is 1. The van der Waals surface area contributed by atoms with E-state index in [0.717, 1.165) is 29.4 Å². The number of hydrogen-bond acceptors (Lipinski definition) is 1. The molecule has 1 saturated heterocycles. The van der Waals surface area contributed by atoms with E-state index in [2.05, 4.69) is 41.6 Å². The molecule has 1 aromatic rings. The van der Waals surface area contributed by atoms with Crippen molar-refractivity contribution in [2.45, 2.75) is 53.0 Å². The molecule has 1 amide bonds. The number of rotatable bonds is 1. The first-order chi connectivity index (χ1) is 9.69. The Hall–Kier alpha value is -0.830. The minimum absolute atomic E-state index is 0.188. The predicted molar refractivity (Wildman–Crippen MR) is 89.4 cm³/mol. The number of carbonyl (C=O) groups excluding carboxylic acids is 1. The van der Waals surface area contributed by atoms with Crippen molar-refractivity contribution in [3.63, 3.8) is 0 Å². The first-order valence-electron chi connectivity index (χ1n) is 7.76. The number of halogens is 1. The molecule has 1 aromatic carbocycles. The Morgan fingerprint density at radius 1 is 1.29 bits per heavy atom. The third kappa shape index (κ3) is 2.77. The third-order valence-corrected chi connectivity index (χ3v) is 5.69. The van der Waals surface area contributed by atoms with Crippen LogP contribution in [0.25, 0.3) is 0 Å². The molecule has 3 rings (SSSR count). The zero-order valence-corrected chi connectivity index (χ0v) is 15.0. The zero-order chi connectivity index (χ0) is 15.4. The van der Waals surface area contributed by atoms with Crippen molar-refractivity contribution in [3.8, 4) is 0 Å². The van der Waals surface area contributed by atoms with Crippen LogP contribution in [0.1, 0.15) is 56.0 Å². The highest BCUT2D eigenvalue weighted by atomic mass is 79.9. The van der Waals surface area contributed by atoms with Gasteiger partial charge < -0.3 is 4.90 Å². The summed E-state index contributed by atoms with van der Waals surface area (Å²) < 4.78 is 0.915. The number of nitrogens with zero attached hydrogens (tertiary/aromatic N) is 1. The lowest BCUT2D eigenvalue weighted by molar-refractivity contribution is 0.0707. The Morgan fingerprint density at radius 2 is 2.00 bits per heavy atom. The molecule has 2 bridgehead atoms. The van der Waals surface area contributed by atoms with Crippen LogP contribution in [0.2, 0.25) is 0 Å². The minimum atomic E-state index is 0.188. The molecule has 114 valence electrons. The van der Waals surface area contributed by atoms with Gasteiger partial charge in [-0.15, -0.1) is 0 Å². The average molecular weight is 350 g/mol. The van der Waals surface area contributed by atoms with Gasteiger partial charge in [0.1, 0.15) is 0 Å². The summed E-state index contributed by atoms with van der Waals surface area (Å²) in [6.45, 7) is 9.98. The normalized spacial score (nSPS) is 30.5. The van der Waals surface area contributed by atoms with Crippen molar-refractivity contribution in [2.24, 2.45) is 10.8 Å². The van der Waals surface area contributed by atoms with E-state index >= 15 is 0 Å². The second-order valence-corrected chi connectivity index (χ2v) is 8.98. The third-order valence-electron chi connectivity index (χ3n) is 5.03. The molecule has 0 N–H and O–H groups in total. The molecule has 3 heteroatoms. The number of aryl methyl sites for hydroxylation is 1. The molecule has 2 fully saturated rings. The van der Waals surface area contributed by atoms with Gasteiger partial charge in [0.15, 0.2) is 0 Å². The summed E-state index contributed by atoms with van der Waals surface area (Å²) in [6, 6.07) is 6.41. The molecular weight excluding hydrogens is 326 g/mol. The Kier molecular flexibility index (Phi) is 3.47. The zero-order valence-electron chi connectivity index (χ0n) is 13.4. The van der Waals surface area contributed by atoms with Gasteiger partial charge in [-0.05, 0) is 70.6 Å². The van der Waals surface area contributed by atoms with E-state index in [9.17, 15) is 4.79 Å². The maximum absolute atomic E-state index is 13.0. The fraction of sp³-hybridized carbons (Fsp3) is 0.611. The van der Waals surface area contributed by atoms with Gasteiger partial charge in [-0.3, -0.25) is 4.79 Å². The molecule has 1 saturated carbocycles. The summed E-state index contributed by atoms with van der Waals surface area (Å²) in [4.78, 5) is 15.1. The van der Waals surface area contributed by atoms with Gasteiger partial charge in [-0.25, -0.2) is 0 Å². The lowest BCUT2D eigenvalue weighted by atomic mass is 9.65. The Balaban J connectivity index is 1.90. The molecule has 2 nitrogen and oxygen atoms in total. The summed E-state index contributed by atoms with van der Waals surface area (Å²) in [6.07, 6.45) is 3.50. The van der Waals surface area contributed by atoms with Gasteiger partial charge in [-0.2, -0.15) is 0 Å². The molecule has 2 aliphatic rings. The second-order valence-electron chi connectivity index (χ2n) is 8.13. The van der Waals surface area contributed by atoms with E-state index in [1.54, 1.807) is 0 Å². The van der Waals surface area contributed by atoms with Gasteiger partial charge in [0, 0.05) is 17.1 Å². The Morgan fingerprint density at radius 3 is 2.67 bits per heavy atom. The molecule has 1 aliphatic carbocycles. The summed E-state index contributed by atoms with van der Waals surface area (Å²) in [7, 11) is 0. The molecule has 0 spiro atoms. The van der Waals surface area contributed by atoms with Gasteiger partial charge in [0.05, 0.1) is 5.56 Å². The van der Waals surface area contributed by atoms with Crippen molar-refractivity contribution in [1.82, 2.24) is 4.90 Å². The lowest BCUT2D eigenvalue weighted by Crippen LogP contribution is -2.37. The summed E-state index contributed by atoms with van der Waals surface area (Å²) in [5.74, 6) is 0.188. The molecule has 2 unspecified atom stereocenters. The molecule has 0 aromatic heterocycles. The fourth-order valence-corrected chi connectivity index (χ4v) is 5.31. The number of amides is 1. The number of fused-ring (bicyclic) bond motifs is 2. The van der Waals surface area contributed by atoms with E-state index in [4.69, 9.17) is 0 Å². The molecule has 1 aliphatic heterocycles. The van der Waals surface area contributed by atoms with Crippen molar-refractivity contribution in [3.05, 3.63) is 33.8 Å². The van der Waals surface area contributed by atoms with E-state index in [0.29, 0.717) is 16.9 Å². The highest BCUT2D eigenvalue weighted by Gasteiger charge is 2.51. The van der Waals surface area contributed by atoms with Crippen LogP contribution in [0.3, 0.4) is 0 Å². The average Bonchev–Trinajstić information content (AvgIpc) is 2.57. The maximum atomic E-state index is 13.0.